The first-order chi connectivity index (χ1) is 5.79. The Kier molecular flexibility index (Phi) is 9.33. The summed E-state index contributed by atoms with van der Waals surface area (Å²) in [4.78, 5) is 0. The van der Waals surface area contributed by atoms with Crippen LogP contribution in [0.2, 0.25) is 18.6 Å². The maximum Gasteiger partial charge on any atom is 3.00 e. The molecule has 0 bridgehead atoms. The normalized spacial score (nSPS) is 31.3. The van der Waals surface area contributed by atoms with Crippen LogP contribution in [0.4, 0.5) is 0 Å². The number of fused-ring (bicyclic) bond motifs is 1. The summed E-state index contributed by atoms with van der Waals surface area (Å²) in [5, 5.41) is 0. The Bertz CT molecular complexity index is 221. The van der Waals surface area contributed by atoms with E-state index in [0.717, 1.165) is 17.4 Å². The van der Waals surface area contributed by atoms with Crippen LogP contribution in [-0.4, -0.2) is 8.80 Å². The molecule has 2 rings (SSSR count). The van der Waals surface area contributed by atoms with E-state index in [-0.39, 0.29) is 49.9 Å². The van der Waals surface area contributed by atoms with Gasteiger partial charge in [-0.1, -0.05) is 43.8 Å². The average molecular weight is 299 g/mol. The largest absolute Gasteiger partial charge is 3.00 e. The van der Waals surface area contributed by atoms with Crippen molar-refractivity contribution in [1.82, 2.24) is 0 Å². The van der Waals surface area contributed by atoms with Gasteiger partial charge in [0.05, 0.1) is 0 Å². The molecule has 0 heterocycles. The zero-order valence-corrected chi connectivity index (χ0v) is 13.9. The molecule has 1 saturated carbocycles. The Labute approximate surface area is 117 Å². The third-order valence-corrected chi connectivity index (χ3v) is 5.47. The third kappa shape index (κ3) is 3.82. The van der Waals surface area contributed by atoms with Crippen molar-refractivity contribution in [3.8, 4) is 0 Å². The molecule has 3 atom stereocenters. The van der Waals surface area contributed by atoms with Crippen molar-refractivity contribution in [3.05, 3.63) is 39.2 Å². The van der Waals surface area contributed by atoms with Crippen LogP contribution in [0.25, 0.3) is 0 Å². The predicted molar refractivity (Wildman–Crippen MR) is 68.6 cm³/mol. The molecular formula is C13H23SiZr+. The topological polar surface area (TPSA) is 0 Å². The van der Waals surface area contributed by atoms with Gasteiger partial charge in [-0.15, -0.1) is 0 Å². The Morgan fingerprint density at radius 3 is 2.20 bits per heavy atom. The molecule has 2 heteroatoms. The number of allylic oxidation sites excluding steroid dienone is 4. The van der Waals surface area contributed by atoms with Crippen molar-refractivity contribution in [2.24, 2.45) is 11.8 Å². The van der Waals surface area contributed by atoms with Gasteiger partial charge < -0.3 is 14.9 Å². The Hall–Kier alpha value is 0.580. The van der Waals surface area contributed by atoms with E-state index < -0.39 is 0 Å². The van der Waals surface area contributed by atoms with Crippen LogP contribution in [0.5, 0.6) is 0 Å². The van der Waals surface area contributed by atoms with Crippen LogP contribution in [-0.2, 0) is 26.2 Å². The van der Waals surface area contributed by atoms with E-state index in [1.54, 1.807) is 0 Å². The summed E-state index contributed by atoms with van der Waals surface area (Å²) in [5.41, 5.74) is 1.04. The fourth-order valence-corrected chi connectivity index (χ4v) is 4.50. The smallest absolute Gasteiger partial charge is 0.358 e. The minimum atomic E-state index is -0.0662. The van der Waals surface area contributed by atoms with Crippen LogP contribution >= 0.6 is 0 Å². The fraction of sp³-hybridized carbons (Fsp3) is 0.538. The zero-order valence-electron chi connectivity index (χ0n) is 10.5. The van der Waals surface area contributed by atoms with Gasteiger partial charge >= 0.3 is 26.2 Å². The first-order valence-corrected chi connectivity index (χ1v) is 7.52. The van der Waals surface area contributed by atoms with E-state index in [1.165, 1.54) is 12.8 Å². The molecule has 2 radical (unpaired) electrons. The summed E-state index contributed by atoms with van der Waals surface area (Å²) < 4.78 is 0. The molecule has 1 fully saturated rings. The fourth-order valence-electron chi connectivity index (χ4n) is 2.63. The van der Waals surface area contributed by atoms with Crippen molar-refractivity contribution >= 4 is 8.80 Å². The maximum atomic E-state index is 2.46. The van der Waals surface area contributed by atoms with Gasteiger partial charge in [-0.25, -0.2) is 0 Å². The van der Waals surface area contributed by atoms with Gasteiger partial charge in [-0.3, -0.25) is 0 Å². The molecule has 0 aliphatic heterocycles. The molecule has 2 aliphatic rings. The second-order valence-electron chi connectivity index (χ2n) is 4.27. The van der Waals surface area contributed by atoms with Gasteiger partial charge in [-0.05, 0) is 23.8 Å². The van der Waals surface area contributed by atoms with Gasteiger partial charge in [0.2, 0.25) is 0 Å². The van der Waals surface area contributed by atoms with Crippen molar-refractivity contribution in [2.75, 3.05) is 0 Å². The molecule has 0 aromatic rings. The van der Waals surface area contributed by atoms with Crippen LogP contribution in [0, 0.1) is 26.7 Å². The molecule has 0 aromatic carbocycles. The number of rotatable bonds is 1. The molecule has 0 spiro atoms. The quantitative estimate of drug-likeness (QED) is 0.504. The minimum Gasteiger partial charge on any atom is -0.358 e. The van der Waals surface area contributed by atoms with E-state index in [1.807, 2.05) is 0 Å². The minimum absolute atomic E-state index is 0. The maximum absolute atomic E-state index is 2.46. The van der Waals surface area contributed by atoms with E-state index in [0.29, 0.717) is 0 Å². The van der Waals surface area contributed by atoms with Crippen LogP contribution in [0.1, 0.15) is 12.8 Å². The van der Waals surface area contributed by atoms with Gasteiger partial charge in [0.15, 0.2) is 0 Å². The van der Waals surface area contributed by atoms with Gasteiger partial charge in [0, 0.05) is 8.80 Å². The molecule has 15 heavy (non-hydrogen) atoms. The second-order valence-corrected chi connectivity index (χ2v) is 7.17. The predicted octanol–water partition coefficient (Wildman–Crippen LogP) is 4.16. The standard InChI is InChI=1S/C11H17Si.2CH3.Zr/c1-12(2)11-8-7-9-5-3-4-6-10(9)11;;;/h3-6,9-11H,7-8H2,1-2H3;2*1H3;/q;2*-1;+3. The molecule has 0 amide bonds. The van der Waals surface area contributed by atoms with Crippen molar-refractivity contribution in [1.29, 1.82) is 0 Å². The van der Waals surface area contributed by atoms with E-state index in [9.17, 15) is 0 Å². The first-order valence-electron chi connectivity index (χ1n) is 4.94. The summed E-state index contributed by atoms with van der Waals surface area (Å²) >= 11 is 0. The van der Waals surface area contributed by atoms with Crippen LogP contribution < -0.4 is 0 Å². The van der Waals surface area contributed by atoms with Crippen LogP contribution in [0.15, 0.2) is 24.3 Å². The summed E-state index contributed by atoms with van der Waals surface area (Å²) in [7, 11) is -0.0662. The molecule has 82 valence electrons. The van der Waals surface area contributed by atoms with Gasteiger partial charge in [0.25, 0.3) is 0 Å². The molecule has 0 nitrogen and oxygen atoms in total. The number of hydrogen-bond acceptors (Lipinski definition) is 0. The SMILES string of the molecule is C[Si](C)C1CCC2C=CC=CC21.[CH3-].[CH3-].[Zr+3]. The molecule has 0 N–H and O–H groups in total. The van der Waals surface area contributed by atoms with E-state index in [2.05, 4.69) is 37.4 Å². The molecule has 0 aromatic heterocycles. The van der Waals surface area contributed by atoms with Crippen molar-refractivity contribution in [2.45, 2.75) is 31.5 Å². The molecular weight excluding hydrogens is 275 g/mol. The first kappa shape index (κ1) is 18.0. The van der Waals surface area contributed by atoms with Crippen molar-refractivity contribution < 1.29 is 26.2 Å². The monoisotopic (exact) mass is 297 g/mol. The summed E-state index contributed by atoms with van der Waals surface area (Å²) in [5.74, 6) is 1.79. The van der Waals surface area contributed by atoms with Crippen molar-refractivity contribution in [3.63, 3.8) is 0 Å². The number of hydrogen-bond donors (Lipinski definition) is 0. The van der Waals surface area contributed by atoms with Gasteiger partial charge in [0.1, 0.15) is 0 Å². The molecule has 2 aliphatic carbocycles. The Morgan fingerprint density at radius 1 is 1.00 bits per heavy atom. The zero-order chi connectivity index (χ0) is 8.55. The Balaban J connectivity index is 0. The Morgan fingerprint density at radius 2 is 1.60 bits per heavy atom. The molecule has 3 unspecified atom stereocenters. The van der Waals surface area contributed by atoms with E-state index >= 15 is 0 Å². The second kappa shape index (κ2) is 7.79. The summed E-state index contributed by atoms with van der Waals surface area (Å²) in [6, 6.07) is 0. The van der Waals surface area contributed by atoms with Crippen LogP contribution in [0.3, 0.4) is 0 Å². The average Bonchev–Trinajstić information content (AvgIpc) is 2.47. The summed E-state index contributed by atoms with van der Waals surface area (Å²) in [6.07, 6.45) is 12.2. The summed E-state index contributed by atoms with van der Waals surface area (Å²) in [6.45, 7) is 4.92. The molecule has 0 saturated heterocycles. The van der Waals surface area contributed by atoms with E-state index in [4.69, 9.17) is 0 Å². The third-order valence-electron chi connectivity index (χ3n) is 3.31. The van der Waals surface area contributed by atoms with Gasteiger partial charge in [-0.2, -0.15) is 0 Å².